The topological polar surface area (TPSA) is 77.8 Å². The molecule has 3 heterocycles. The zero-order valence-corrected chi connectivity index (χ0v) is 17.5. The minimum atomic E-state index is -0.950. The lowest BCUT2D eigenvalue weighted by atomic mass is 9.86. The molecule has 33 heavy (non-hydrogen) atoms. The SMILES string of the molecule is O=C(Nc1ccccc1)C1Oc2c(c(=O)oc3ccccc23)C1C1=Cc2ccccc2OC1. The molecule has 2 aliphatic rings. The zero-order chi connectivity index (χ0) is 22.4. The molecule has 1 amide bonds. The molecule has 0 spiro atoms. The second kappa shape index (κ2) is 7.67. The first-order valence-corrected chi connectivity index (χ1v) is 10.7. The van der Waals surface area contributed by atoms with Crippen molar-refractivity contribution in [2.24, 2.45) is 0 Å². The number of nitrogens with one attached hydrogen (secondary N) is 1. The fourth-order valence-corrected chi connectivity index (χ4v) is 4.51. The monoisotopic (exact) mass is 437 g/mol. The third-order valence-corrected chi connectivity index (χ3v) is 6.01. The van der Waals surface area contributed by atoms with Crippen molar-refractivity contribution in [2.45, 2.75) is 12.0 Å². The van der Waals surface area contributed by atoms with E-state index in [-0.39, 0.29) is 12.5 Å². The minimum Gasteiger partial charge on any atom is -0.489 e. The molecule has 0 fully saturated rings. The minimum absolute atomic E-state index is 0.242. The molecule has 0 aliphatic carbocycles. The van der Waals surface area contributed by atoms with E-state index in [1.807, 2.05) is 60.7 Å². The normalized spacial score (nSPS) is 18.5. The number of hydrogen-bond acceptors (Lipinski definition) is 5. The molecule has 6 heteroatoms. The summed E-state index contributed by atoms with van der Waals surface area (Å²) in [5.74, 6) is 0.166. The summed E-state index contributed by atoms with van der Waals surface area (Å²) >= 11 is 0. The average Bonchev–Trinajstić information content (AvgIpc) is 3.26. The van der Waals surface area contributed by atoms with Gasteiger partial charge in [-0.3, -0.25) is 4.79 Å². The van der Waals surface area contributed by atoms with Gasteiger partial charge in [0.15, 0.2) is 6.10 Å². The van der Waals surface area contributed by atoms with Crippen LogP contribution in [0.3, 0.4) is 0 Å². The highest BCUT2D eigenvalue weighted by Crippen LogP contribution is 2.46. The van der Waals surface area contributed by atoms with Crippen molar-refractivity contribution in [3.05, 3.63) is 106 Å². The van der Waals surface area contributed by atoms with Crippen molar-refractivity contribution in [3.63, 3.8) is 0 Å². The average molecular weight is 437 g/mol. The molecule has 1 N–H and O–H groups in total. The standard InChI is InChI=1S/C27H19NO5/c29-26(28-18-9-2-1-3-10-18)25-22(17-14-16-8-4-6-12-20(16)31-15-17)23-24(33-25)19-11-5-7-13-21(19)32-27(23)30/h1-14,22,25H,15H2,(H,28,29). The highest BCUT2D eigenvalue weighted by atomic mass is 16.5. The van der Waals surface area contributed by atoms with Gasteiger partial charge in [-0.1, -0.05) is 48.5 Å². The Hall–Kier alpha value is -4.32. The van der Waals surface area contributed by atoms with E-state index < -0.39 is 17.6 Å². The molecule has 4 aromatic rings. The predicted molar refractivity (Wildman–Crippen MR) is 125 cm³/mol. The van der Waals surface area contributed by atoms with Crippen LogP contribution in [0.15, 0.2) is 93.6 Å². The maximum Gasteiger partial charge on any atom is 0.344 e. The Labute approximate surface area is 189 Å². The zero-order valence-electron chi connectivity index (χ0n) is 17.5. The number of amides is 1. The van der Waals surface area contributed by atoms with Crippen LogP contribution in [-0.4, -0.2) is 18.6 Å². The number of carbonyl (C=O) groups excluding carboxylic acids is 1. The molecular weight excluding hydrogens is 418 g/mol. The van der Waals surface area contributed by atoms with E-state index in [4.69, 9.17) is 13.9 Å². The van der Waals surface area contributed by atoms with Gasteiger partial charge >= 0.3 is 5.63 Å². The van der Waals surface area contributed by atoms with Crippen LogP contribution in [0.2, 0.25) is 0 Å². The summed E-state index contributed by atoms with van der Waals surface area (Å²) in [6, 6.07) is 24.0. The first-order chi connectivity index (χ1) is 16.2. The van der Waals surface area contributed by atoms with E-state index in [2.05, 4.69) is 5.32 Å². The van der Waals surface area contributed by atoms with Crippen molar-refractivity contribution >= 4 is 28.6 Å². The number of fused-ring (bicyclic) bond motifs is 4. The number of rotatable bonds is 3. The van der Waals surface area contributed by atoms with E-state index in [0.717, 1.165) is 16.9 Å². The Morgan fingerprint density at radius 3 is 2.55 bits per heavy atom. The van der Waals surface area contributed by atoms with Crippen LogP contribution < -0.4 is 20.4 Å². The number of hydrogen-bond donors (Lipinski definition) is 1. The lowest BCUT2D eigenvalue weighted by Crippen LogP contribution is -2.37. The van der Waals surface area contributed by atoms with E-state index in [1.165, 1.54) is 0 Å². The summed E-state index contributed by atoms with van der Waals surface area (Å²) in [7, 11) is 0. The molecule has 2 unspecified atom stereocenters. The van der Waals surface area contributed by atoms with Crippen molar-refractivity contribution < 1.29 is 18.7 Å². The highest BCUT2D eigenvalue weighted by Gasteiger charge is 2.45. The van der Waals surface area contributed by atoms with Gasteiger partial charge in [0.05, 0.1) is 16.9 Å². The molecule has 0 saturated heterocycles. The van der Waals surface area contributed by atoms with E-state index in [9.17, 15) is 9.59 Å². The smallest absolute Gasteiger partial charge is 0.344 e. The molecule has 6 nitrogen and oxygen atoms in total. The van der Waals surface area contributed by atoms with Crippen LogP contribution in [-0.2, 0) is 4.79 Å². The molecule has 2 aliphatic heterocycles. The summed E-state index contributed by atoms with van der Waals surface area (Å²) in [5, 5.41) is 3.57. The Balaban J connectivity index is 1.49. The van der Waals surface area contributed by atoms with Crippen molar-refractivity contribution in [1.82, 2.24) is 0 Å². The molecular formula is C27H19NO5. The molecule has 1 aromatic heterocycles. The van der Waals surface area contributed by atoms with E-state index in [1.54, 1.807) is 24.3 Å². The van der Waals surface area contributed by atoms with Crippen molar-refractivity contribution in [3.8, 4) is 11.5 Å². The van der Waals surface area contributed by atoms with Crippen LogP contribution in [0.5, 0.6) is 11.5 Å². The lowest BCUT2D eigenvalue weighted by Gasteiger charge is -2.24. The van der Waals surface area contributed by atoms with Gasteiger partial charge in [-0.2, -0.15) is 0 Å². The Bertz CT molecular complexity index is 1470. The number of benzene rings is 3. The van der Waals surface area contributed by atoms with Gasteiger partial charge < -0.3 is 19.2 Å². The summed E-state index contributed by atoms with van der Waals surface area (Å²) in [6.07, 6.45) is 1.02. The summed E-state index contributed by atoms with van der Waals surface area (Å²) < 4.78 is 17.8. The summed E-state index contributed by atoms with van der Waals surface area (Å²) in [4.78, 5) is 26.5. The number of anilines is 1. The quantitative estimate of drug-likeness (QED) is 0.468. The molecule has 6 rings (SSSR count). The van der Waals surface area contributed by atoms with E-state index >= 15 is 0 Å². The number of carbonyl (C=O) groups is 1. The Morgan fingerprint density at radius 2 is 1.67 bits per heavy atom. The van der Waals surface area contributed by atoms with Gasteiger partial charge in [0, 0.05) is 11.3 Å². The fourth-order valence-electron chi connectivity index (χ4n) is 4.51. The highest BCUT2D eigenvalue weighted by molar-refractivity contribution is 5.98. The lowest BCUT2D eigenvalue weighted by molar-refractivity contribution is -0.122. The third kappa shape index (κ3) is 3.27. The second-order valence-corrected chi connectivity index (χ2v) is 8.05. The van der Waals surface area contributed by atoms with Gasteiger partial charge in [0.1, 0.15) is 23.7 Å². The molecule has 3 aromatic carbocycles. The van der Waals surface area contributed by atoms with Gasteiger partial charge in [0.2, 0.25) is 0 Å². The maximum absolute atomic E-state index is 13.4. The molecule has 0 bridgehead atoms. The van der Waals surface area contributed by atoms with Crippen LogP contribution in [0.1, 0.15) is 17.0 Å². The summed E-state index contributed by atoms with van der Waals surface area (Å²) in [5.41, 5.74) is 2.57. The Kier molecular flexibility index (Phi) is 4.50. The summed E-state index contributed by atoms with van der Waals surface area (Å²) in [6.45, 7) is 0.242. The predicted octanol–water partition coefficient (Wildman–Crippen LogP) is 4.75. The van der Waals surface area contributed by atoms with Crippen LogP contribution in [0.25, 0.3) is 17.0 Å². The second-order valence-electron chi connectivity index (χ2n) is 8.05. The fraction of sp³-hybridized carbons (Fsp3) is 0.111. The van der Waals surface area contributed by atoms with Gasteiger partial charge in [0.25, 0.3) is 5.91 Å². The van der Waals surface area contributed by atoms with Crippen molar-refractivity contribution in [2.75, 3.05) is 11.9 Å². The van der Waals surface area contributed by atoms with Gasteiger partial charge in [-0.15, -0.1) is 0 Å². The number of para-hydroxylation sites is 3. The van der Waals surface area contributed by atoms with E-state index in [0.29, 0.717) is 28.0 Å². The first-order valence-electron chi connectivity index (χ1n) is 10.7. The van der Waals surface area contributed by atoms with Crippen LogP contribution >= 0.6 is 0 Å². The molecule has 0 saturated carbocycles. The molecule has 2 atom stereocenters. The largest absolute Gasteiger partial charge is 0.489 e. The van der Waals surface area contributed by atoms with Gasteiger partial charge in [-0.25, -0.2) is 4.79 Å². The number of ether oxygens (including phenoxy) is 2. The Morgan fingerprint density at radius 1 is 0.909 bits per heavy atom. The van der Waals surface area contributed by atoms with Crippen LogP contribution in [0.4, 0.5) is 5.69 Å². The maximum atomic E-state index is 13.4. The van der Waals surface area contributed by atoms with Crippen LogP contribution in [0, 0.1) is 0 Å². The first kappa shape index (κ1) is 19.4. The molecule has 162 valence electrons. The molecule has 0 radical (unpaired) electrons. The van der Waals surface area contributed by atoms with Gasteiger partial charge in [-0.05, 0) is 42.0 Å². The third-order valence-electron chi connectivity index (χ3n) is 6.01. The van der Waals surface area contributed by atoms with Crippen molar-refractivity contribution in [1.29, 1.82) is 0 Å².